The third-order valence-corrected chi connectivity index (χ3v) is 6.63. The zero-order chi connectivity index (χ0) is 24.9. The quantitative estimate of drug-likeness (QED) is 0.279. The fourth-order valence-corrected chi connectivity index (χ4v) is 4.40. The van der Waals surface area contributed by atoms with E-state index >= 15 is 0 Å². The summed E-state index contributed by atoms with van der Waals surface area (Å²) in [6.45, 7) is 1.27. The van der Waals surface area contributed by atoms with Gasteiger partial charge in [0.2, 0.25) is 5.91 Å². The number of methoxy groups -OCH3 is 1. The van der Waals surface area contributed by atoms with Crippen molar-refractivity contribution in [3.63, 3.8) is 0 Å². The van der Waals surface area contributed by atoms with E-state index < -0.39 is 0 Å². The highest BCUT2D eigenvalue weighted by molar-refractivity contribution is 6.31. The van der Waals surface area contributed by atoms with Gasteiger partial charge in [-0.05, 0) is 67.3 Å². The van der Waals surface area contributed by atoms with Crippen LogP contribution in [-0.4, -0.2) is 36.1 Å². The van der Waals surface area contributed by atoms with Crippen molar-refractivity contribution in [1.29, 1.82) is 0 Å². The third-order valence-electron chi connectivity index (χ3n) is 6.39. The van der Waals surface area contributed by atoms with Gasteiger partial charge in [0.05, 0.1) is 12.6 Å². The van der Waals surface area contributed by atoms with Crippen LogP contribution in [0.3, 0.4) is 0 Å². The molecule has 7 heteroatoms. The molecule has 5 rings (SSSR count). The van der Waals surface area contributed by atoms with Gasteiger partial charge < -0.3 is 15.0 Å². The Morgan fingerprint density at radius 3 is 2.53 bits per heavy atom. The van der Waals surface area contributed by atoms with Crippen LogP contribution in [0.5, 0.6) is 5.75 Å². The minimum absolute atomic E-state index is 0.0475. The summed E-state index contributed by atoms with van der Waals surface area (Å²) in [7, 11) is 1.62. The van der Waals surface area contributed by atoms with Crippen molar-refractivity contribution in [3.05, 3.63) is 89.2 Å². The number of nitrogens with zero attached hydrogens (tertiary/aromatic N) is 3. The Kier molecular flexibility index (Phi) is 7.33. The second-order valence-electron chi connectivity index (χ2n) is 9.09. The topological polar surface area (TPSA) is 67.3 Å². The maximum Gasteiger partial charge on any atom is 0.226 e. The maximum absolute atomic E-state index is 12.9. The SMILES string of the molecule is COc1ccc(NC(=O)CCN(CCc2ccccc2)c2nc(C3CC3)nc3cc(Cl)ccc23)cc1. The molecule has 1 saturated carbocycles. The summed E-state index contributed by atoms with van der Waals surface area (Å²) in [6, 6.07) is 23.5. The number of ether oxygens (including phenoxy) is 1. The average Bonchev–Trinajstić information content (AvgIpc) is 3.75. The van der Waals surface area contributed by atoms with Gasteiger partial charge in [-0.25, -0.2) is 9.97 Å². The molecule has 1 amide bonds. The highest BCUT2D eigenvalue weighted by atomic mass is 35.5. The van der Waals surface area contributed by atoms with Gasteiger partial charge in [0.15, 0.2) is 0 Å². The summed E-state index contributed by atoms with van der Waals surface area (Å²) >= 11 is 6.30. The Balaban J connectivity index is 1.39. The molecule has 1 fully saturated rings. The lowest BCUT2D eigenvalue weighted by molar-refractivity contribution is -0.116. The molecule has 1 aliphatic rings. The number of fused-ring (bicyclic) bond motifs is 1. The molecule has 0 atom stereocenters. The van der Waals surface area contributed by atoms with Gasteiger partial charge in [-0.2, -0.15) is 0 Å². The predicted octanol–water partition coefficient (Wildman–Crippen LogP) is 6.25. The smallest absolute Gasteiger partial charge is 0.226 e. The number of halogens is 1. The van der Waals surface area contributed by atoms with Gasteiger partial charge in [0.1, 0.15) is 17.4 Å². The lowest BCUT2D eigenvalue weighted by atomic mass is 10.1. The molecular weight excluding hydrogens is 472 g/mol. The molecule has 4 aromatic rings. The van der Waals surface area contributed by atoms with Crippen molar-refractivity contribution in [2.45, 2.75) is 31.6 Å². The summed E-state index contributed by atoms with van der Waals surface area (Å²) in [5.74, 6) is 2.84. The normalized spacial score (nSPS) is 12.9. The Morgan fingerprint density at radius 1 is 1.03 bits per heavy atom. The zero-order valence-corrected chi connectivity index (χ0v) is 21.0. The number of carbonyl (C=O) groups excluding carboxylic acids is 1. The van der Waals surface area contributed by atoms with Crippen LogP contribution < -0.4 is 15.0 Å². The number of carbonyl (C=O) groups is 1. The molecule has 1 heterocycles. The van der Waals surface area contributed by atoms with Crippen molar-refractivity contribution in [2.24, 2.45) is 0 Å². The van der Waals surface area contributed by atoms with Crippen molar-refractivity contribution in [1.82, 2.24) is 9.97 Å². The van der Waals surface area contributed by atoms with E-state index in [0.29, 0.717) is 23.9 Å². The van der Waals surface area contributed by atoms with Crippen LogP contribution in [0.25, 0.3) is 10.9 Å². The molecule has 0 radical (unpaired) electrons. The molecule has 36 heavy (non-hydrogen) atoms. The van der Waals surface area contributed by atoms with Gasteiger partial charge >= 0.3 is 0 Å². The summed E-state index contributed by atoms with van der Waals surface area (Å²) in [5.41, 5.74) is 2.84. The number of nitrogens with one attached hydrogen (secondary N) is 1. The van der Waals surface area contributed by atoms with E-state index in [-0.39, 0.29) is 5.91 Å². The minimum atomic E-state index is -0.0475. The first-order valence-electron chi connectivity index (χ1n) is 12.3. The number of aromatic nitrogens is 2. The molecule has 184 valence electrons. The van der Waals surface area contributed by atoms with Crippen LogP contribution in [-0.2, 0) is 11.2 Å². The van der Waals surface area contributed by atoms with Crippen molar-refractivity contribution < 1.29 is 9.53 Å². The minimum Gasteiger partial charge on any atom is -0.497 e. The number of benzene rings is 3. The van der Waals surface area contributed by atoms with Crippen LogP contribution in [0, 0.1) is 0 Å². The van der Waals surface area contributed by atoms with Crippen molar-refractivity contribution in [3.8, 4) is 5.75 Å². The molecule has 0 bridgehead atoms. The number of hydrogen-bond acceptors (Lipinski definition) is 5. The first-order chi connectivity index (χ1) is 17.6. The molecule has 1 aromatic heterocycles. The molecular formula is C29H29ClN4O2. The van der Waals surface area contributed by atoms with Gasteiger partial charge in [-0.3, -0.25) is 4.79 Å². The summed E-state index contributed by atoms with van der Waals surface area (Å²) in [6.07, 6.45) is 3.40. The van der Waals surface area contributed by atoms with Gasteiger partial charge in [0.25, 0.3) is 0 Å². The van der Waals surface area contributed by atoms with E-state index in [2.05, 4.69) is 34.5 Å². The Morgan fingerprint density at radius 2 is 1.81 bits per heavy atom. The maximum atomic E-state index is 12.9. The van der Waals surface area contributed by atoms with Crippen LogP contribution in [0.2, 0.25) is 5.02 Å². The molecule has 0 saturated heterocycles. The fourth-order valence-electron chi connectivity index (χ4n) is 4.24. The van der Waals surface area contributed by atoms with E-state index in [9.17, 15) is 4.79 Å². The van der Waals surface area contributed by atoms with Crippen LogP contribution in [0.15, 0.2) is 72.8 Å². The summed E-state index contributed by atoms with van der Waals surface area (Å²) < 4.78 is 5.20. The van der Waals surface area contributed by atoms with E-state index in [0.717, 1.165) is 59.8 Å². The van der Waals surface area contributed by atoms with Crippen LogP contribution in [0.1, 0.15) is 36.6 Å². The molecule has 0 spiro atoms. The zero-order valence-electron chi connectivity index (χ0n) is 20.3. The lowest BCUT2D eigenvalue weighted by Crippen LogP contribution is -2.31. The fraction of sp³-hybridized carbons (Fsp3) is 0.276. The largest absolute Gasteiger partial charge is 0.497 e. The Hall–Kier alpha value is -3.64. The van der Waals surface area contributed by atoms with Gasteiger partial charge in [0, 0.05) is 41.5 Å². The van der Waals surface area contributed by atoms with Gasteiger partial charge in [-0.1, -0.05) is 41.9 Å². The van der Waals surface area contributed by atoms with Crippen molar-refractivity contribution in [2.75, 3.05) is 30.4 Å². The highest BCUT2D eigenvalue weighted by Crippen LogP contribution is 2.40. The molecule has 0 aliphatic heterocycles. The standard InChI is InChI=1S/C29H29ClN4O2/c1-36-24-12-10-23(11-13-24)31-27(35)16-18-34(17-15-20-5-3-2-4-6-20)29-25-14-9-22(30)19-26(25)32-28(33-29)21-7-8-21/h2-6,9-14,19,21H,7-8,15-18H2,1H3,(H,31,35). The molecule has 3 aromatic carbocycles. The van der Waals surface area contributed by atoms with E-state index in [1.165, 1.54) is 5.56 Å². The van der Waals surface area contributed by atoms with E-state index in [1.54, 1.807) is 7.11 Å². The molecule has 0 unspecified atom stereocenters. The molecule has 1 N–H and O–H groups in total. The second kappa shape index (κ2) is 11.0. The average molecular weight is 501 g/mol. The number of amides is 1. The second-order valence-corrected chi connectivity index (χ2v) is 9.53. The monoisotopic (exact) mass is 500 g/mol. The third kappa shape index (κ3) is 5.94. The molecule has 1 aliphatic carbocycles. The number of anilines is 2. The first kappa shape index (κ1) is 24.1. The Labute approximate surface area is 216 Å². The van der Waals surface area contributed by atoms with Crippen LogP contribution >= 0.6 is 11.6 Å². The summed E-state index contributed by atoms with van der Waals surface area (Å²) in [5, 5.41) is 4.59. The molecule has 6 nitrogen and oxygen atoms in total. The van der Waals surface area contributed by atoms with E-state index in [4.69, 9.17) is 26.3 Å². The Bertz CT molecular complexity index is 1340. The predicted molar refractivity (Wildman–Crippen MR) is 145 cm³/mol. The highest BCUT2D eigenvalue weighted by Gasteiger charge is 2.28. The first-order valence-corrected chi connectivity index (χ1v) is 12.7. The van der Waals surface area contributed by atoms with E-state index in [1.807, 2.05) is 48.5 Å². The van der Waals surface area contributed by atoms with Gasteiger partial charge in [-0.15, -0.1) is 0 Å². The van der Waals surface area contributed by atoms with Crippen LogP contribution in [0.4, 0.5) is 11.5 Å². The summed E-state index contributed by atoms with van der Waals surface area (Å²) in [4.78, 5) is 24.9. The number of rotatable bonds is 10. The lowest BCUT2D eigenvalue weighted by Gasteiger charge is -2.25. The van der Waals surface area contributed by atoms with Crippen molar-refractivity contribution >= 4 is 39.9 Å². The number of hydrogen-bond donors (Lipinski definition) is 1.